The van der Waals surface area contributed by atoms with Crippen LogP contribution in [0.1, 0.15) is 38.2 Å². The van der Waals surface area contributed by atoms with E-state index < -0.39 is 16.1 Å². The molecule has 0 radical (unpaired) electrons. The average molecular weight is 484 g/mol. The van der Waals surface area contributed by atoms with E-state index in [0.29, 0.717) is 37.5 Å². The Morgan fingerprint density at radius 3 is 2.47 bits per heavy atom. The van der Waals surface area contributed by atoms with Gasteiger partial charge in [-0.25, -0.2) is 8.42 Å². The maximum Gasteiger partial charge on any atom is 0.265 e. The number of likely N-dealkylation sites (tertiary alicyclic amines) is 1. The summed E-state index contributed by atoms with van der Waals surface area (Å²) >= 11 is 0. The third kappa shape index (κ3) is 4.02. The number of amides is 2. The molecule has 1 fully saturated rings. The zero-order valence-electron chi connectivity index (χ0n) is 19.3. The van der Waals surface area contributed by atoms with Crippen molar-refractivity contribution in [1.82, 2.24) is 4.90 Å². The van der Waals surface area contributed by atoms with Crippen LogP contribution in [0.3, 0.4) is 0 Å². The minimum Gasteiger partial charge on any atom is -0.476 e. The Kier molecular flexibility index (Phi) is 5.97. The number of hydrogen-bond donors (Lipinski definition) is 0. The number of fused-ring (bicyclic) bond motifs is 2. The van der Waals surface area contributed by atoms with Crippen molar-refractivity contribution in [2.24, 2.45) is 0 Å². The third-order valence-electron chi connectivity index (χ3n) is 6.82. The van der Waals surface area contributed by atoms with Crippen molar-refractivity contribution in [2.75, 3.05) is 35.4 Å². The van der Waals surface area contributed by atoms with E-state index in [4.69, 9.17) is 4.74 Å². The van der Waals surface area contributed by atoms with Gasteiger partial charge >= 0.3 is 0 Å². The fourth-order valence-corrected chi connectivity index (χ4v) is 6.59. The molecule has 0 spiro atoms. The molecule has 0 bridgehead atoms. The molecule has 9 heteroatoms. The molecule has 2 amide bonds. The van der Waals surface area contributed by atoms with Crippen molar-refractivity contribution in [3.8, 4) is 5.75 Å². The molecule has 180 valence electrons. The topological polar surface area (TPSA) is 87.2 Å². The van der Waals surface area contributed by atoms with Gasteiger partial charge in [-0.3, -0.25) is 13.9 Å². The molecule has 3 aliphatic heterocycles. The first-order chi connectivity index (χ1) is 16.4. The van der Waals surface area contributed by atoms with E-state index in [-0.39, 0.29) is 23.3 Å². The highest BCUT2D eigenvalue weighted by Gasteiger charge is 2.39. The summed E-state index contributed by atoms with van der Waals surface area (Å²) in [5.41, 5.74) is 2.02. The number of carbonyl (C=O) groups excluding carboxylic acids is 2. The number of benzene rings is 2. The predicted octanol–water partition coefficient (Wildman–Crippen LogP) is 2.95. The zero-order valence-corrected chi connectivity index (χ0v) is 20.1. The van der Waals surface area contributed by atoms with Crippen molar-refractivity contribution in [3.63, 3.8) is 0 Å². The molecule has 0 aliphatic carbocycles. The van der Waals surface area contributed by atoms with Gasteiger partial charge < -0.3 is 14.5 Å². The van der Waals surface area contributed by atoms with Crippen molar-refractivity contribution in [1.29, 1.82) is 0 Å². The first-order valence-corrected chi connectivity index (χ1v) is 13.3. The van der Waals surface area contributed by atoms with Crippen LogP contribution in [0.5, 0.6) is 5.75 Å². The van der Waals surface area contributed by atoms with Crippen LogP contribution in [-0.2, 0) is 26.0 Å². The van der Waals surface area contributed by atoms with Gasteiger partial charge in [0.05, 0.1) is 17.1 Å². The molecule has 0 unspecified atom stereocenters. The molecule has 0 N–H and O–H groups in total. The van der Waals surface area contributed by atoms with Gasteiger partial charge in [-0.1, -0.05) is 12.1 Å². The lowest BCUT2D eigenvalue weighted by atomic mass is 10.0. The van der Waals surface area contributed by atoms with Crippen LogP contribution < -0.4 is 13.9 Å². The number of carbonyl (C=O) groups is 2. The third-order valence-corrected chi connectivity index (χ3v) is 8.59. The van der Waals surface area contributed by atoms with Crippen LogP contribution in [0.4, 0.5) is 11.4 Å². The van der Waals surface area contributed by atoms with E-state index in [1.807, 2.05) is 0 Å². The lowest BCUT2D eigenvalue weighted by Gasteiger charge is -2.37. The highest BCUT2D eigenvalue weighted by atomic mass is 32.2. The lowest BCUT2D eigenvalue weighted by Crippen LogP contribution is -2.52. The molecule has 3 aliphatic rings. The molecule has 2 aromatic carbocycles. The van der Waals surface area contributed by atoms with Crippen molar-refractivity contribution >= 4 is 33.2 Å². The van der Waals surface area contributed by atoms with Crippen molar-refractivity contribution in [3.05, 3.63) is 48.0 Å². The molecular weight excluding hydrogens is 454 g/mol. The Morgan fingerprint density at radius 2 is 1.71 bits per heavy atom. The second-order valence-corrected chi connectivity index (χ2v) is 10.9. The van der Waals surface area contributed by atoms with E-state index in [0.717, 1.165) is 36.9 Å². The molecule has 2 aromatic rings. The predicted molar refractivity (Wildman–Crippen MR) is 129 cm³/mol. The number of para-hydroxylation sites is 2. The SMILES string of the molecule is CC(=O)N1CCCc2cc(S(=O)(=O)N3C[C@H](C(=O)N4CCCCC4)Oc4ccccc43)ccc21. The van der Waals surface area contributed by atoms with Crippen LogP contribution >= 0.6 is 0 Å². The Morgan fingerprint density at radius 1 is 0.941 bits per heavy atom. The Balaban J connectivity index is 1.50. The van der Waals surface area contributed by atoms with Crippen LogP contribution in [-0.4, -0.2) is 57.4 Å². The Bertz CT molecular complexity index is 1220. The molecule has 0 aromatic heterocycles. The monoisotopic (exact) mass is 483 g/mol. The minimum absolute atomic E-state index is 0.0577. The fourth-order valence-electron chi connectivity index (χ4n) is 5.06. The van der Waals surface area contributed by atoms with E-state index >= 15 is 0 Å². The summed E-state index contributed by atoms with van der Waals surface area (Å²) in [7, 11) is -3.96. The van der Waals surface area contributed by atoms with Gasteiger partial charge in [-0.2, -0.15) is 0 Å². The molecule has 0 saturated carbocycles. The van der Waals surface area contributed by atoms with Gasteiger partial charge in [0.1, 0.15) is 5.75 Å². The molecule has 3 heterocycles. The van der Waals surface area contributed by atoms with E-state index in [9.17, 15) is 18.0 Å². The van der Waals surface area contributed by atoms with Gasteiger partial charge in [0.2, 0.25) is 5.91 Å². The summed E-state index contributed by atoms with van der Waals surface area (Å²) < 4.78 is 35.0. The number of piperidine rings is 1. The second kappa shape index (κ2) is 8.94. The largest absolute Gasteiger partial charge is 0.476 e. The standard InChI is InChI=1S/C25H29N3O5S/c1-18(29)27-15-7-8-19-16-20(11-12-21(19)27)34(31,32)28-17-24(25(30)26-13-5-2-6-14-26)33-23-10-4-3-9-22(23)28/h3-4,9-12,16,24H,2,5-8,13-15,17H2,1H3/t24-/m1/s1. The summed E-state index contributed by atoms with van der Waals surface area (Å²) in [4.78, 5) is 28.8. The minimum atomic E-state index is -3.96. The molecule has 34 heavy (non-hydrogen) atoms. The summed E-state index contributed by atoms with van der Waals surface area (Å²) in [6.45, 7) is 3.41. The van der Waals surface area contributed by atoms with Crippen molar-refractivity contribution < 1.29 is 22.7 Å². The fraction of sp³-hybridized carbons (Fsp3) is 0.440. The zero-order chi connectivity index (χ0) is 23.9. The lowest BCUT2D eigenvalue weighted by molar-refractivity contribution is -0.139. The summed E-state index contributed by atoms with van der Waals surface area (Å²) in [5.74, 6) is 0.156. The van der Waals surface area contributed by atoms with Gasteiger partial charge in [0, 0.05) is 32.2 Å². The summed E-state index contributed by atoms with van der Waals surface area (Å²) in [5, 5.41) is 0. The maximum absolute atomic E-state index is 13.9. The highest BCUT2D eigenvalue weighted by molar-refractivity contribution is 7.92. The Hall–Kier alpha value is -3.07. The molecule has 5 rings (SSSR count). The number of hydrogen-bond acceptors (Lipinski definition) is 5. The van der Waals surface area contributed by atoms with Gasteiger partial charge in [0.25, 0.3) is 15.9 Å². The molecule has 1 saturated heterocycles. The molecule has 8 nitrogen and oxygen atoms in total. The molecule has 1 atom stereocenters. The first-order valence-electron chi connectivity index (χ1n) is 11.8. The van der Waals surface area contributed by atoms with E-state index in [2.05, 4.69) is 0 Å². The van der Waals surface area contributed by atoms with Crippen LogP contribution in [0.2, 0.25) is 0 Å². The molecular formula is C25H29N3O5S. The van der Waals surface area contributed by atoms with Gasteiger partial charge in [-0.15, -0.1) is 0 Å². The summed E-state index contributed by atoms with van der Waals surface area (Å²) in [6.07, 6.45) is 3.58. The number of anilines is 2. The van der Waals surface area contributed by atoms with Crippen LogP contribution in [0.25, 0.3) is 0 Å². The maximum atomic E-state index is 13.9. The second-order valence-electron chi connectivity index (χ2n) is 9.06. The quantitative estimate of drug-likeness (QED) is 0.670. The Labute approximate surface area is 200 Å². The number of sulfonamides is 1. The number of nitrogens with zero attached hydrogens (tertiary/aromatic N) is 3. The number of aryl methyl sites for hydroxylation is 1. The van der Waals surface area contributed by atoms with Crippen molar-refractivity contribution in [2.45, 2.75) is 50.0 Å². The summed E-state index contributed by atoms with van der Waals surface area (Å²) in [6, 6.07) is 11.9. The van der Waals surface area contributed by atoms with Crippen LogP contribution in [0, 0.1) is 0 Å². The number of ether oxygens (including phenoxy) is 1. The normalized spacial score (nSPS) is 20.3. The van der Waals surface area contributed by atoms with Gasteiger partial charge in [0.15, 0.2) is 6.10 Å². The van der Waals surface area contributed by atoms with Gasteiger partial charge in [-0.05, 0) is 68.0 Å². The van der Waals surface area contributed by atoms with Crippen LogP contribution in [0.15, 0.2) is 47.4 Å². The highest BCUT2D eigenvalue weighted by Crippen LogP contribution is 2.38. The average Bonchev–Trinajstić information content (AvgIpc) is 2.87. The van der Waals surface area contributed by atoms with E-state index in [1.54, 1.807) is 52.3 Å². The van der Waals surface area contributed by atoms with E-state index in [1.165, 1.54) is 11.2 Å². The smallest absolute Gasteiger partial charge is 0.265 e. The first kappa shape index (κ1) is 22.7. The number of rotatable bonds is 3.